The minimum atomic E-state index is -0.882. The molecular weight excluding hydrogens is 589 g/mol. The van der Waals surface area contributed by atoms with Gasteiger partial charge in [-0.3, -0.25) is 4.90 Å². The van der Waals surface area contributed by atoms with Gasteiger partial charge in [-0.2, -0.15) is 9.97 Å². The number of anilines is 1. The second kappa shape index (κ2) is 11.3. The molecule has 0 aliphatic carbocycles. The molecule has 7 nitrogen and oxygen atoms in total. The smallest absolute Gasteiger partial charge is 0.319 e. The molecule has 242 valence electrons. The van der Waals surface area contributed by atoms with Crippen molar-refractivity contribution >= 4 is 27.5 Å². The van der Waals surface area contributed by atoms with Crippen LogP contribution in [0.15, 0.2) is 30.3 Å². The van der Waals surface area contributed by atoms with Crippen LogP contribution in [0.4, 0.5) is 19.0 Å². The Balaban J connectivity index is 1.34. The molecule has 8 rings (SSSR count). The molecule has 5 atom stereocenters. The van der Waals surface area contributed by atoms with E-state index >= 15 is 4.39 Å². The molecule has 10 heteroatoms. The van der Waals surface area contributed by atoms with Gasteiger partial charge in [-0.1, -0.05) is 38.1 Å². The largest absolute Gasteiger partial charge is 0.461 e. The molecule has 6 heterocycles. The summed E-state index contributed by atoms with van der Waals surface area (Å²) in [6.45, 7) is 9.08. The minimum Gasteiger partial charge on any atom is -0.461 e. The van der Waals surface area contributed by atoms with Crippen molar-refractivity contribution in [1.82, 2.24) is 25.2 Å². The number of fused-ring (bicyclic) bond motifs is 4. The highest BCUT2D eigenvalue weighted by Crippen LogP contribution is 2.45. The fourth-order valence-electron chi connectivity index (χ4n) is 8.69. The summed E-state index contributed by atoms with van der Waals surface area (Å²) in [5.41, 5.74) is 1.72. The third kappa shape index (κ3) is 4.66. The van der Waals surface area contributed by atoms with Gasteiger partial charge in [0.15, 0.2) is 5.82 Å². The first-order chi connectivity index (χ1) is 22.3. The van der Waals surface area contributed by atoms with E-state index in [1.807, 2.05) is 18.2 Å². The maximum Gasteiger partial charge on any atom is 0.319 e. The number of piperazine rings is 1. The van der Waals surface area contributed by atoms with Crippen LogP contribution in [-0.2, 0) is 0 Å². The van der Waals surface area contributed by atoms with Crippen molar-refractivity contribution < 1.29 is 17.9 Å². The molecule has 4 aliphatic rings. The highest BCUT2D eigenvalue weighted by Gasteiger charge is 2.49. The molecular formula is C36H41F3N6O. The number of rotatable bonds is 6. The molecule has 0 unspecified atom stereocenters. The Labute approximate surface area is 267 Å². The van der Waals surface area contributed by atoms with Crippen molar-refractivity contribution in [3.05, 3.63) is 53.2 Å². The summed E-state index contributed by atoms with van der Waals surface area (Å²) in [4.78, 5) is 19.4. The van der Waals surface area contributed by atoms with E-state index in [1.54, 1.807) is 13.0 Å². The number of halogens is 3. The Kier molecular flexibility index (Phi) is 7.36. The van der Waals surface area contributed by atoms with Gasteiger partial charge < -0.3 is 15.0 Å². The molecule has 2 aromatic heterocycles. The number of pyridine rings is 1. The van der Waals surface area contributed by atoms with E-state index in [0.717, 1.165) is 62.8 Å². The van der Waals surface area contributed by atoms with Crippen LogP contribution in [0.1, 0.15) is 69.5 Å². The molecule has 2 aromatic carbocycles. The normalized spacial score (nSPS) is 27.7. The van der Waals surface area contributed by atoms with E-state index in [4.69, 9.17) is 19.7 Å². The number of nitrogens with one attached hydrogen (secondary N) is 1. The Morgan fingerprint density at radius 3 is 2.74 bits per heavy atom. The van der Waals surface area contributed by atoms with E-state index in [1.165, 1.54) is 6.07 Å². The quantitative estimate of drug-likeness (QED) is 0.250. The summed E-state index contributed by atoms with van der Waals surface area (Å²) in [5, 5.41) is 5.79. The summed E-state index contributed by atoms with van der Waals surface area (Å²) in [6.07, 6.45) is 4.00. The second-order valence-corrected chi connectivity index (χ2v) is 13.8. The van der Waals surface area contributed by atoms with E-state index in [-0.39, 0.29) is 53.2 Å². The topological polar surface area (TPSA) is 66.4 Å². The van der Waals surface area contributed by atoms with Gasteiger partial charge in [0.2, 0.25) is 0 Å². The predicted molar refractivity (Wildman–Crippen MR) is 174 cm³/mol. The molecule has 4 aliphatic heterocycles. The van der Waals surface area contributed by atoms with E-state index in [0.29, 0.717) is 40.7 Å². The number of aromatic nitrogens is 3. The van der Waals surface area contributed by atoms with Gasteiger partial charge in [0.25, 0.3) is 0 Å². The number of aryl methyl sites for hydroxylation is 1. The lowest BCUT2D eigenvalue weighted by molar-refractivity contribution is 0.107. The summed E-state index contributed by atoms with van der Waals surface area (Å²) in [6, 6.07) is 9.27. The molecule has 1 N–H and O–H groups in total. The van der Waals surface area contributed by atoms with Crippen LogP contribution >= 0.6 is 0 Å². The minimum absolute atomic E-state index is 0.0460. The zero-order chi connectivity index (χ0) is 31.7. The van der Waals surface area contributed by atoms with Crippen LogP contribution < -0.4 is 15.0 Å². The molecule has 46 heavy (non-hydrogen) atoms. The Morgan fingerprint density at radius 2 is 1.91 bits per heavy atom. The summed E-state index contributed by atoms with van der Waals surface area (Å²) < 4.78 is 53.0. The highest BCUT2D eigenvalue weighted by molar-refractivity contribution is 6.01. The number of benzene rings is 2. The lowest BCUT2D eigenvalue weighted by atomic mass is 9.90. The summed E-state index contributed by atoms with van der Waals surface area (Å²) in [5.74, 6) is -0.206. The van der Waals surface area contributed by atoms with Crippen molar-refractivity contribution in [1.29, 1.82) is 0 Å². The molecule has 4 aromatic rings. The Morgan fingerprint density at radius 1 is 1.04 bits per heavy atom. The van der Waals surface area contributed by atoms with Crippen LogP contribution in [-0.4, -0.2) is 76.4 Å². The maximum atomic E-state index is 17.2. The average molecular weight is 631 g/mol. The van der Waals surface area contributed by atoms with Crippen molar-refractivity contribution in [2.24, 2.45) is 0 Å². The number of ether oxygens (including phenoxy) is 1. The first-order valence-electron chi connectivity index (χ1n) is 16.9. The van der Waals surface area contributed by atoms with Gasteiger partial charge in [-0.25, -0.2) is 18.2 Å². The van der Waals surface area contributed by atoms with Crippen molar-refractivity contribution in [2.45, 2.75) is 89.0 Å². The number of hydrogen-bond donors (Lipinski definition) is 1. The predicted octanol–water partition coefficient (Wildman–Crippen LogP) is 6.84. The molecule has 0 spiro atoms. The number of nitrogens with zero attached hydrogens (tertiary/aromatic N) is 5. The first kappa shape index (κ1) is 29.9. The third-order valence-corrected chi connectivity index (χ3v) is 11.2. The zero-order valence-electron chi connectivity index (χ0n) is 26.8. The fourth-order valence-corrected chi connectivity index (χ4v) is 8.69. The van der Waals surface area contributed by atoms with Crippen molar-refractivity contribution in [3.8, 4) is 17.3 Å². The first-order valence-corrected chi connectivity index (χ1v) is 16.9. The molecule has 0 radical (unpaired) electrons. The van der Waals surface area contributed by atoms with Crippen LogP contribution in [0, 0.1) is 18.6 Å². The van der Waals surface area contributed by atoms with E-state index < -0.39 is 12.0 Å². The standard InChI is InChI=1S/C36H41F3N6O/c1-4-21-14-25-16-40-24(5-2)18-45(25)34-29-31(21)41-32(26-9-6-8-22-10-11-27(38)20(3)28(22)26)30(39)33(29)42-35(43-34)46-19-36-12-7-13-44(36)17-23(37)15-36/h6,8-11,21,23-25,40H,4-5,7,12-19H2,1-3H3/t21-,23-,24-,25-,36+/m1/s1. The van der Waals surface area contributed by atoms with Gasteiger partial charge in [0.1, 0.15) is 35.6 Å². The number of alkyl halides is 1. The van der Waals surface area contributed by atoms with Crippen LogP contribution in [0.25, 0.3) is 32.9 Å². The lowest BCUT2D eigenvalue weighted by Crippen LogP contribution is -2.56. The monoisotopic (exact) mass is 630 g/mol. The molecule has 0 amide bonds. The average Bonchev–Trinajstić information content (AvgIpc) is 3.55. The van der Waals surface area contributed by atoms with E-state index in [2.05, 4.69) is 29.0 Å². The van der Waals surface area contributed by atoms with E-state index in [9.17, 15) is 8.78 Å². The van der Waals surface area contributed by atoms with Crippen molar-refractivity contribution in [3.63, 3.8) is 0 Å². The second-order valence-electron chi connectivity index (χ2n) is 13.8. The number of hydrogen-bond acceptors (Lipinski definition) is 7. The zero-order valence-corrected chi connectivity index (χ0v) is 26.8. The van der Waals surface area contributed by atoms with Crippen LogP contribution in [0.2, 0.25) is 0 Å². The highest BCUT2D eigenvalue weighted by atomic mass is 19.1. The Bertz CT molecular complexity index is 1840. The third-order valence-electron chi connectivity index (χ3n) is 11.2. The fraction of sp³-hybridized carbons (Fsp3) is 0.528. The SMILES string of the molecule is CC[C@@H]1CN2c3nc(OC[C@@]45CCCN4C[C@H](F)C5)nc4c(F)c(-c5cccc6ccc(F)c(C)c56)nc(c34)[C@H](CC)C[C@@H]2CN1. The van der Waals surface area contributed by atoms with Crippen molar-refractivity contribution in [2.75, 3.05) is 37.7 Å². The summed E-state index contributed by atoms with van der Waals surface area (Å²) >= 11 is 0. The van der Waals surface area contributed by atoms with Gasteiger partial charge >= 0.3 is 6.01 Å². The lowest BCUT2D eigenvalue weighted by Gasteiger charge is -2.41. The maximum absolute atomic E-state index is 17.2. The summed E-state index contributed by atoms with van der Waals surface area (Å²) in [7, 11) is 0. The van der Waals surface area contributed by atoms with Crippen LogP contribution in [0.3, 0.4) is 0 Å². The van der Waals surface area contributed by atoms with Gasteiger partial charge in [-0.05, 0) is 68.0 Å². The molecule has 3 saturated heterocycles. The van der Waals surface area contributed by atoms with Gasteiger partial charge in [0, 0.05) is 49.6 Å². The molecule has 0 saturated carbocycles. The molecule has 0 bridgehead atoms. The van der Waals surface area contributed by atoms with Gasteiger partial charge in [-0.15, -0.1) is 0 Å². The molecule has 3 fully saturated rings. The van der Waals surface area contributed by atoms with Crippen LogP contribution in [0.5, 0.6) is 6.01 Å². The Hall–Kier alpha value is -3.50. The van der Waals surface area contributed by atoms with Gasteiger partial charge in [0.05, 0.1) is 16.6 Å².